The second-order valence-electron chi connectivity index (χ2n) is 12.2. The molecule has 1 heterocycles. The third-order valence-corrected chi connectivity index (χ3v) is 9.96. The van der Waals surface area contributed by atoms with Crippen molar-refractivity contribution in [1.29, 1.82) is 0 Å². The molecule has 1 heteroatoms. The van der Waals surface area contributed by atoms with Crippen molar-refractivity contribution >= 4 is 60.8 Å². The first-order valence-corrected chi connectivity index (χ1v) is 15.4. The van der Waals surface area contributed by atoms with Gasteiger partial charge in [-0.2, -0.15) is 0 Å². The highest BCUT2D eigenvalue weighted by Crippen LogP contribution is 2.50. The number of rotatable bonds is 2. The lowest BCUT2D eigenvalue weighted by atomic mass is 9.84. The van der Waals surface area contributed by atoms with Gasteiger partial charge in [0.15, 0.2) is 0 Å². The smallest absolute Gasteiger partial charge is 0.132 e. The molecule has 0 saturated heterocycles. The quantitative estimate of drug-likeness (QED) is 0.196. The second kappa shape index (κ2) is 8.69. The zero-order valence-corrected chi connectivity index (χ0v) is 23.7. The van der Waals surface area contributed by atoms with Gasteiger partial charge in [-0.1, -0.05) is 121 Å². The molecule has 7 aromatic rings. The molecule has 1 aliphatic heterocycles. The van der Waals surface area contributed by atoms with Crippen LogP contribution in [0.1, 0.15) is 29.9 Å². The van der Waals surface area contributed by atoms with Gasteiger partial charge in [0.05, 0.1) is 0 Å². The minimum absolute atomic E-state index is 0.00322. The van der Waals surface area contributed by atoms with E-state index in [2.05, 4.69) is 134 Å². The van der Waals surface area contributed by atoms with Gasteiger partial charge < -0.3 is 4.74 Å². The van der Waals surface area contributed by atoms with Crippen LogP contribution in [0.25, 0.3) is 71.9 Å². The Morgan fingerprint density at radius 3 is 2.26 bits per heavy atom. The van der Waals surface area contributed by atoms with Gasteiger partial charge in [0, 0.05) is 17.0 Å². The first-order valence-electron chi connectivity index (χ1n) is 15.4. The van der Waals surface area contributed by atoms with E-state index in [4.69, 9.17) is 4.74 Å². The number of hydrogen-bond donors (Lipinski definition) is 0. The largest absolute Gasteiger partial charge is 0.484 e. The maximum absolute atomic E-state index is 6.81. The molecule has 0 radical (unpaired) electrons. The van der Waals surface area contributed by atoms with Crippen molar-refractivity contribution in [2.75, 3.05) is 0 Å². The zero-order valence-electron chi connectivity index (χ0n) is 23.7. The number of fused-ring (bicyclic) bond motifs is 6. The summed E-state index contributed by atoms with van der Waals surface area (Å²) in [5, 5.41) is 13.3. The van der Waals surface area contributed by atoms with Crippen molar-refractivity contribution in [3.8, 4) is 16.9 Å². The monoisotopic (exact) mass is 548 g/mol. The molecule has 0 bridgehead atoms. The molecule has 0 spiro atoms. The minimum atomic E-state index is 0.00322. The van der Waals surface area contributed by atoms with Gasteiger partial charge in [-0.15, -0.1) is 0 Å². The van der Waals surface area contributed by atoms with Crippen molar-refractivity contribution in [3.05, 3.63) is 143 Å². The van der Waals surface area contributed by atoms with Crippen LogP contribution in [0.3, 0.4) is 0 Å². The van der Waals surface area contributed by atoms with Crippen LogP contribution in [-0.4, -0.2) is 6.10 Å². The maximum atomic E-state index is 6.81. The summed E-state index contributed by atoms with van der Waals surface area (Å²) in [7, 11) is 0. The van der Waals surface area contributed by atoms with Gasteiger partial charge in [-0.3, -0.25) is 0 Å². The Labute approximate surface area is 249 Å². The Hall–Kier alpha value is -5.14. The molecule has 10 rings (SSSR count). The molecule has 7 aromatic carbocycles. The van der Waals surface area contributed by atoms with Crippen LogP contribution in [0.5, 0.6) is 5.75 Å². The molecule has 43 heavy (non-hydrogen) atoms. The predicted molar refractivity (Wildman–Crippen MR) is 181 cm³/mol. The molecule has 0 fully saturated rings. The third-order valence-electron chi connectivity index (χ3n) is 9.96. The topological polar surface area (TPSA) is 9.23 Å². The standard InChI is InChI=1S/C42H28O/c1-2-10-30-28(7-1)23-37(32-12-4-3-11-31(30)32)29-19-22-39-38(24-29)36-14-6-13-35(42(36)43-39)33-20-17-27-16-15-25-8-5-9-26-18-21-34(33)41(27)40(25)26/h3-24,38-39H,1-2H2. The molecule has 0 N–H and O–H groups in total. The summed E-state index contributed by atoms with van der Waals surface area (Å²) in [5.74, 6) is 1.20. The van der Waals surface area contributed by atoms with Gasteiger partial charge in [-0.25, -0.2) is 0 Å². The normalized spacial score (nSPS) is 18.7. The van der Waals surface area contributed by atoms with Crippen molar-refractivity contribution in [3.63, 3.8) is 0 Å². The van der Waals surface area contributed by atoms with Crippen molar-refractivity contribution in [2.45, 2.75) is 24.9 Å². The van der Waals surface area contributed by atoms with E-state index in [1.54, 1.807) is 0 Å². The Balaban J connectivity index is 1.15. The van der Waals surface area contributed by atoms with E-state index in [-0.39, 0.29) is 12.0 Å². The molecular formula is C42H28O. The molecule has 2 unspecified atom stereocenters. The Bertz CT molecular complexity index is 2480. The summed E-state index contributed by atoms with van der Waals surface area (Å²) in [5.41, 5.74) is 6.28. The highest BCUT2D eigenvalue weighted by Gasteiger charge is 2.35. The molecule has 2 aliphatic carbocycles. The average molecular weight is 549 g/mol. The van der Waals surface area contributed by atoms with Crippen molar-refractivity contribution < 1.29 is 4.74 Å². The van der Waals surface area contributed by atoms with E-state index in [0.717, 1.165) is 18.6 Å². The molecule has 202 valence electrons. The fraction of sp³-hybridized carbons (Fsp3) is 0.0952. The van der Waals surface area contributed by atoms with Crippen LogP contribution in [0.2, 0.25) is 0 Å². The number of benzene rings is 7. The van der Waals surface area contributed by atoms with E-state index in [9.17, 15) is 0 Å². The Morgan fingerprint density at radius 1 is 0.581 bits per heavy atom. The predicted octanol–water partition coefficient (Wildman–Crippen LogP) is 9.26. The minimum Gasteiger partial charge on any atom is -0.484 e. The summed E-state index contributed by atoms with van der Waals surface area (Å²) in [6.07, 6.45) is 14.0. The Morgan fingerprint density at radius 2 is 1.35 bits per heavy atom. The fourth-order valence-corrected chi connectivity index (χ4v) is 8.01. The SMILES string of the molecule is C1=CC2Oc3c(-c4ccc5ccc6cccc7ccc4c5c67)cccc3C2C=C1c1cc2c(c3ccccc13)=CCCC=2. The van der Waals surface area contributed by atoms with E-state index >= 15 is 0 Å². The molecule has 1 nitrogen and oxygen atoms in total. The molecule has 3 aliphatic rings. The lowest BCUT2D eigenvalue weighted by molar-refractivity contribution is 0.270. The lowest BCUT2D eigenvalue weighted by Gasteiger charge is -2.20. The molecule has 2 atom stereocenters. The number of ether oxygens (including phenoxy) is 1. The highest BCUT2D eigenvalue weighted by molar-refractivity contribution is 6.25. The van der Waals surface area contributed by atoms with Crippen LogP contribution in [0, 0.1) is 0 Å². The highest BCUT2D eigenvalue weighted by atomic mass is 16.5. The van der Waals surface area contributed by atoms with Crippen molar-refractivity contribution in [2.24, 2.45) is 0 Å². The maximum Gasteiger partial charge on any atom is 0.132 e. The third kappa shape index (κ3) is 3.28. The number of allylic oxidation sites excluding steroid dienone is 2. The molecule has 0 aromatic heterocycles. The summed E-state index contributed by atoms with van der Waals surface area (Å²) in [4.78, 5) is 0. The van der Waals surface area contributed by atoms with Gasteiger partial charge in [0.1, 0.15) is 11.9 Å². The van der Waals surface area contributed by atoms with E-state index in [1.807, 2.05) is 0 Å². The fourth-order valence-electron chi connectivity index (χ4n) is 8.01. The molecule has 0 saturated carbocycles. The second-order valence-corrected chi connectivity index (χ2v) is 12.2. The van der Waals surface area contributed by atoms with Crippen LogP contribution < -0.4 is 15.2 Å². The van der Waals surface area contributed by atoms with Gasteiger partial charge in [-0.05, 0) is 95.2 Å². The van der Waals surface area contributed by atoms with Crippen LogP contribution in [-0.2, 0) is 0 Å². The average Bonchev–Trinajstić information content (AvgIpc) is 3.45. The summed E-state index contributed by atoms with van der Waals surface area (Å²) < 4.78 is 6.81. The number of para-hydroxylation sites is 1. The molecular weight excluding hydrogens is 520 g/mol. The van der Waals surface area contributed by atoms with Crippen molar-refractivity contribution in [1.82, 2.24) is 0 Å². The first-order chi connectivity index (χ1) is 21.3. The number of hydrogen-bond acceptors (Lipinski definition) is 1. The first kappa shape index (κ1) is 23.4. The summed E-state index contributed by atoms with van der Waals surface area (Å²) >= 11 is 0. The molecule has 0 amide bonds. The van der Waals surface area contributed by atoms with E-state index < -0.39 is 0 Å². The zero-order chi connectivity index (χ0) is 28.1. The summed E-state index contributed by atoms with van der Waals surface area (Å²) in [6, 6.07) is 38.2. The Kier molecular flexibility index (Phi) is 4.73. The van der Waals surface area contributed by atoms with Crippen LogP contribution in [0.15, 0.2) is 121 Å². The van der Waals surface area contributed by atoms with E-state index in [0.29, 0.717) is 0 Å². The van der Waals surface area contributed by atoms with E-state index in [1.165, 1.54) is 81.4 Å². The summed E-state index contributed by atoms with van der Waals surface area (Å²) in [6.45, 7) is 0. The van der Waals surface area contributed by atoms with Crippen LogP contribution in [0.4, 0.5) is 0 Å². The van der Waals surface area contributed by atoms with Gasteiger partial charge in [0.25, 0.3) is 0 Å². The van der Waals surface area contributed by atoms with Gasteiger partial charge in [0.2, 0.25) is 0 Å². The van der Waals surface area contributed by atoms with Crippen LogP contribution >= 0.6 is 0 Å². The lowest BCUT2D eigenvalue weighted by Crippen LogP contribution is -2.28. The van der Waals surface area contributed by atoms with Gasteiger partial charge >= 0.3 is 0 Å².